The number of hydrogen-bond donors (Lipinski definition) is 0. The Morgan fingerprint density at radius 1 is 1.05 bits per heavy atom. The highest BCUT2D eigenvalue weighted by atomic mass is 79.9. The molecule has 1 amide bonds. The molecule has 0 bridgehead atoms. The van der Waals surface area contributed by atoms with Gasteiger partial charge in [-0.2, -0.15) is 10.2 Å². The highest BCUT2D eigenvalue weighted by Gasteiger charge is 2.34. The molecule has 0 N–H and O–H groups in total. The van der Waals surface area contributed by atoms with Gasteiger partial charge in [0.15, 0.2) is 17.3 Å². The monoisotopic (exact) mass is 562 g/mol. The van der Waals surface area contributed by atoms with Crippen molar-refractivity contribution in [1.82, 2.24) is 14.8 Å². The molecule has 0 saturated heterocycles. The number of aromatic nitrogens is 2. The van der Waals surface area contributed by atoms with Gasteiger partial charge in [0.1, 0.15) is 12.2 Å². The van der Waals surface area contributed by atoms with E-state index in [2.05, 4.69) is 21.0 Å². The van der Waals surface area contributed by atoms with Gasteiger partial charge >= 0.3 is 0 Å². The molecule has 0 spiro atoms. The van der Waals surface area contributed by atoms with Crippen molar-refractivity contribution in [2.24, 2.45) is 5.10 Å². The second kappa shape index (κ2) is 10.4. The Balaban J connectivity index is 1.50. The molecule has 1 aliphatic heterocycles. The van der Waals surface area contributed by atoms with Crippen molar-refractivity contribution in [1.29, 1.82) is 0 Å². The molecule has 9 nitrogen and oxygen atoms in total. The summed E-state index contributed by atoms with van der Waals surface area (Å²) in [6, 6.07) is 19.3. The number of carbonyl (C=O) groups excluding carboxylic acids is 1. The lowest BCUT2D eigenvalue weighted by Crippen LogP contribution is -2.35. The van der Waals surface area contributed by atoms with Crippen molar-refractivity contribution in [3.8, 4) is 23.0 Å². The molecular weight excluding hydrogens is 540 g/mol. The van der Waals surface area contributed by atoms with Crippen LogP contribution < -0.4 is 15.0 Å². The lowest BCUT2D eigenvalue weighted by molar-refractivity contribution is -0.133. The van der Waals surface area contributed by atoms with Gasteiger partial charge in [-0.05, 0) is 53.6 Å². The van der Waals surface area contributed by atoms with Gasteiger partial charge in [-0.1, -0.05) is 34.1 Å². The minimum atomic E-state index is -0.407. The van der Waals surface area contributed by atoms with Gasteiger partial charge in [0.25, 0.3) is 11.5 Å². The van der Waals surface area contributed by atoms with Gasteiger partial charge in [0, 0.05) is 17.0 Å². The van der Waals surface area contributed by atoms with Gasteiger partial charge in [0.05, 0.1) is 32.2 Å². The van der Waals surface area contributed by atoms with Crippen LogP contribution in [0.4, 0.5) is 0 Å². The van der Waals surface area contributed by atoms with E-state index in [4.69, 9.17) is 19.0 Å². The molecule has 0 radical (unpaired) electrons. The number of hydrazone groups is 1. The third kappa shape index (κ3) is 5.05. The molecule has 0 aliphatic carbocycles. The molecule has 4 aromatic rings. The quantitative estimate of drug-likeness (QED) is 0.325. The van der Waals surface area contributed by atoms with Crippen molar-refractivity contribution >= 4 is 27.5 Å². The fourth-order valence-corrected chi connectivity index (χ4v) is 4.46. The Morgan fingerprint density at radius 3 is 2.54 bits per heavy atom. The third-order valence-electron chi connectivity index (χ3n) is 6.06. The van der Waals surface area contributed by atoms with Crippen LogP contribution in [0.1, 0.15) is 23.6 Å². The average molecular weight is 563 g/mol. The Kier molecular flexibility index (Phi) is 6.91. The summed E-state index contributed by atoms with van der Waals surface area (Å²) in [5.74, 6) is 1.26. The molecule has 5 rings (SSSR count). The van der Waals surface area contributed by atoms with Crippen LogP contribution in [0, 0.1) is 0 Å². The number of nitrogens with zero attached hydrogens (tertiary/aromatic N) is 4. The number of benzene rings is 2. The van der Waals surface area contributed by atoms with Crippen LogP contribution >= 0.6 is 15.9 Å². The topological polar surface area (TPSA) is 99.2 Å². The van der Waals surface area contributed by atoms with Crippen molar-refractivity contribution in [3.05, 3.63) is 98.9 Å². The summed E-state index contributed by atoms with van der Waals surface area (Å²) in [5, 5.41) is 10.4. The molecule has 2 aromatic carbocycles. The van der Waals surface area contributed by atoms with E-state index in [0.29, 0.717) is 29.4 Å². The maximum atomic E-state index is 13.6. The predicted octanol–water partition coefficient (Wildman–Crippen LogP) is 4.66. The maximum absolute atomic E-state index is 13.6. The summed E-state index contributed by atoms with van der Waals surface area (Å²) in [4.78, 5) is 26.1. The second-order valence-corrected chi connectivity index (χ2v) is 9.23. The van der Waals surface area contributed by atoms with E-state index in [0.717, 1.165) is 26.0 Å². The summed E-state index contributed by atoms with van der Waals surface area (Å²) < 4.78 is 18.3. The fourth-order valence-electron chi connectivity index (χ4n) is 4.20. The first-order valence-corrected chi connectivity index (χ1v) is 12.3. The molecule has 0 fully saturated rings. The molecular formula is C27H23BrN4O5. The largest absolute Gasteiger partial charge is 0.493 e. The van der Waals surface area contributed by atoms with Crippen LogP contribution in [0.25, 0.3) is 11.5 Å². The Bertz CT molecular complexity index is 1510. The molecule has 3 heterocycles. The maximum Gasteiger partial charge on any atom is 0.267 e. The molecule has 37 heavy (non-hydrogen) atoms. The normalized spacial score (nSPS) is 14.9. The highest BCUT2D eigenvalue weighted by molar-refractivity contribution is 9.10. The fraction of sp³-hybridized carbons (Fsp3) is 0.185. The van der Waals surface area contributed by atoms with E-state index in [9.17, 15) is 9.59 Å². The first kappa shape index (κ1) is 24.5. The lowest BCUT2D eigenvalue weighted by atomic mass is 9.98. The standard InChI is InChI=1S/C27H23BrN4O5/c1-35-24-11-7-18(14-25(24)36-2)22-15-21(17-5-8-19(28)9-6-17)30-32(22)27(34)16-31-26(33)12-10-20(29-31)23-4-3-13-37-23/h3-14,22H,15-16H2,1-2H3. The minimum absolute atomic E-state index is 0.283. The van der Waals surface area contributed by atoms with Crippen molar-refractivity contribution in [3.63, 3.8) is 0 Å². The van der Waals surface area contributed by atoms with E-state index < -0.39 is 11.6 Å². The van der Waals surface area contributed by atoms with Crippen LogP contribution in [-0.2, 0) is 11.3 Å². The summed E-state index contributed by atoms with van der Waals surface area (Å²) >= 11 is 3.45. The number of rotatable bonds is 7. The van der Waals surface area contributed by atoms with E-state index >= 15 is 0 Å². The summed E-state index contributed by atoms with van der Waals surface area (Å²) in [6.07, 6.45) is 2.01. The number of ether oxygens (including phenoxy) is 2. The van der Waals surface area contributed by atoms with Gasteiger partial charge in [-0.3, -0.25) is 9.59 Å². The number of carbonyl (C=O) groups is 1. The number of furan rings is 1. The third-order valence-corrected chi connectivity index (χ3v) is 6.59. The number of halogens is 1. The van der Waals surface area contributed by atoms with E-state index in [1.807, 2.05) is 36.4 Å². The van der Waals surface area contributed by atoms with Gasteiger partial charge in [-0.15, -0.1) is 0 Å². The van der Waals surface area contributed by atoms with Crippen molar-refractivity contribution in [2.45, 2.75) is 19.0 Å². The Labute approximate surface area is 221 Å². The molecule has 0 saturated carbocycles. The molecule has 1 unspecified atom stereocenters. The zero-order valence-corrected chi connectivity index (χ0v) is 21.7. The zero-order chi connectivity index (χ0) is 25.9. The van der Waals surface area contributed by atoms with Crippen LogP contribution in [-0.4, -0.2) is 40.6 Å². The summed E-state index contributed by atoms with van der Waals surface area (Å²) in [5.41, 5.74) is 2.54. The minimum Gasteiger partial charge on any atom is -0.493 e. The molecule has 2 aromatic heterocycles. The highest BCUT2D eigenvalue weighted by Crippen LogP contribution is 2.37. The van der Waals surface area contributed by atoms with Crippen LogP contribution in [0.2, 0.25) is 0 Å². The Morgan fingerprint density at radius 2 is 1.84 bits per heavy atom. The summed E-state index contributed by atoms with van der Waals surface area (Å²) in [6.45, 7) is -0.283. The smallest absolute Gasteiger partial charge is 0.267 e. The van der Waals surface area contributed by atoms with Crippen molar-refractivity contribution < 1.29 is 18.7 Å². The molecule has 10 heteroatoms. The van der Waals surface area contributed by atoms with Gasteiger partial charge in [-0.25, -0.2) is 9.69 Å². The summed E-state index contributed by atoms with van der Waals surface area (Å²) in [7, 11) is 3.13. The molecule has 1 atom stereocenters. The van der Waals surface area contributed by atoms with E-state index in [1.165, 1.54) is 17.3 Å². The number of amides is 1. The van der Waals surface area contributed by atoms with Crippen LogP contribution in [0.3, 0.4) is 0 Å². The second-order valence-electron chi connectivity index (χ2n) is 8.32. The lowest BCUT2D eigenvalue weighted by Gasteiger charge is -2.23. The predicted molar refractivity (Wildman–Crippen MR) is 141 cm³/mol. The average Bonchev–Trinajstić information content (AvgIpc) is 3.61. The molecule has 188 valence electrons. The Hall–Kier alpha value is -4.18. The van der Waals surface area contributed by atoms with Crippen LogP contribution in [0.15, 0.2) is 91.8 Å². The van der Waals surface area contributed by atoms with E-state index in [-0.39, 0.29) is 12.5 Å². The van der Waals surface area contributed by atoms with Crippen LogP contribution in [0.5, 0.6) is 11.5 Å². The first-order chi connectivity index (χ1) is 18.0. The SMILES string of the molecule is COc1ccc(C2CC(c3ccc(Br)cc3)=NN2C(=O)Cn2nc(-c3ccco3)ccc2=O)cc1OC. The van der Waals surface area contributed by atoms with Gasteiger partial charge < -0.3 is 13.9 Å². The number of methoxy groups -OCH3 is 2. The van der Waals surface area contributed by atoms with E-state index in [1.54, 1.807) is 38.5 Å². The zero-order valence-electron chi connectivity index (χ0n) is 20.1. The molecule has 1 aliphatic rings. The van der Waals surface area contributed by atoms with Gasteiger partial charge in [0.2, 0.25) is 0 Å². The number of hydrogen-bond acceptors (Lipinski definition) is 7. The van der Waals surface area contributed by atoms with Crippen molar-refractivity contribution in [2.75, 3.05) is 14.2 Å². The first-order valence-electron chi connectivity index (χ1n) is 11.5.